The van der Waals surface area contributed by atoms with Crippen LogP contribution in [-0.2, 0) is 21.3 Å². The summed E-state index contributed by atoms with van der Waals surface area (Å²) in [7, 11) is -1.80. The van der Waals surface area contributed by atoms with E-state index in [0.29, 0.717) is 43.3 Å². The van der Waals surface area contributed by atoms with Crippen molar-refractivity contribution >= 4 is 16.0 Å². The lowest BCUT2D eigenvalue weighted by Gasteiger charge is -2.19. The molecule has 0 amide bonds. The molecule has 0 bridgehead atoms. The average Bonchev–Trinajstić information content (AvgIpc) is 2.65. The molecule has 0 atom stereocenters. The summed E-state index contributed by atoms with van der Waals surface area (Å²) >= 11 is 0. The van der Waals surface area contributed by atoms with Gasteiger partial charge in [-0.05, 0) is 26.0 Å². The molecule has 0 saturated carbocycles. The van der Waals surface area contributed by atoms with Gasteiger partial charge in [0.05, 0.1) is 19.9 Å². The summed E-state index contributed by atoms with van der Waals surface area (Å²) < 4.78 is 35.0. The molecule has 1 aromatic rings. The molecule has 0 N–H and O–H groups in total. The van der Waals surface area contributed by atoms with Crippen LogP contribution in [0.2, 0.25) is 0 Å². The van der Waals surface area contributed by atoms with Crippen molar-refractivity contribution < 1.29 is 22.4 Å². The van der Waals surface area contributed by atoms with Crippen LogP contribution >= 0.6 is 0 Å². The fourth-order valence-corrected chi connectivity index (χ4v) is 3.47. The van der Waals surface area contributed by atoms with Crippen LogP contribution in [0.25, 0.3) is 0 Å². The second-order valence-electron chi connectivity index (χ2n) is 5.47. The largest absolute Gasteiger partial charge is 0.465 e. The van der Waals surface area contributed by atoms with Gasteiger partial charge < -0.3 is 9.15 Å². The minimum absolute atomic E-state index is 0.411. The van der Waals surface area contributed by atoms with E-state index >= 15 is 0 Å². The summed E-state index contributed by atoms with van der Waals surface area (Å²) in [5, 5.41) is 0. The van der Waals surface area contributed by atoms with Gasteiger partial charge in [0.2, 0.25) is 10.0 Å². The molecule has 1 saturated heterocycles. The fourth-order valence-electron chi connectivity index (χ4n) is 2.59. The molecule has 0 radical (unpaired) electrons. The minimum Gasteiger partial charge on any atom is -0.465 e. The number of aryl methyl sites for hydroxylation is 1. The lowest BCUT2D eigenvalue weighted by atomic mass is 10.2. The molecule has 1 aliphatic rings. The Morgan fingerprint density at radius 3 is 2.68 bits per heavy atom. The second kappa shape index (κ2) is 6.80. The van der Waals surface area contributed by atoms with E-state index in [1.807, 2.05) is 0 Å². The van der Waals surface area contributed by atoms with Gasteiger partial charge in [-0.3, -0.25) is 4.90 Å². The van der Waals surface area contributed by atoms with Crippen LogP contribution in [0.1, 0.15) is 28.3 Å². The first-order valence-corrected chi connectivity index (χ1v) is 9.01. The molecule has 8 heteroatoms. The Morgan fingerprint density at radius 2 is 2.05 bits per heavy atom. The van der Waals surface area contributed by atoms with E-state index < -0.39 is 16.0 Å². The van der Waals surface area contributed by atoms with Crippen LogP contribution < -0.4 is 0 Å². The van der Waals surface area contributed by atoms with Crippen molar-refractivity contribution in [1.29, 1.82) is 0 Å². The van der Waals surface area contributed by atoms with Crippen LogP contribution in [0, 0.1) is 6.92 Å². The molecule has 2 rings (SSSR count). The predicted molar refractivity (Wildman–Crippen MR) is 81.1 cm³/mol. The zero-order chi connectivity index (χ0) is 16.3. The Balaban J connectivity index is 2.01. The normalized spacial score (nSPS) is 18.1. The molecular weight excluding hydrogens is 308 g/mol. The highest BCUT2D eigenvalue weighted by molar-refractivity contribution is 7.88. The molecular formula is C14H22N2O5S. The zero-order valence-corrected chi connectivity index (χ0v) is 14.0. The van der Waals surface area contributed by atoms with Crippen molar-refractivity contribution in [3.05, 3.63) is 23.2 Å². The number of sulfonamides is 1. The van der Waals surface area contributed by atoms with Gasteiger partial charge in [0.25, 0.3) is 0 Å². The third-order valence-corrected chi connectivity index (χ3v) is 5.07. The standard InChI is InChI=1S/C14H22N2O5S/c1-11-13(14(17)20-2)9-12(21-11)10-15-5-4-6-16(8-7-15)22(3,18)19/h9H,4-8,10H2,1-3H3. The third kappa shape index (κ3) is 4.08. The molecule has 1 aliphatic heterocycles. The second-order valence-corrected chi connectivity index (χ2v) is 7.45. The van der Waals surface area contributed by atoms with Gasteiger partial charge in [0.1, 0.15) is 17.1 Å². The number of furan rings is 1. The fraction of sp³-hybridized carbons (Fsp3) is 0.643. The highest BCUT2D eigenvalue weighted by Crippen LogP contribution is 2.18. The van der Waals surface area contributed by atoms with Crippen molar-refractivity contribution in [2.45, 2.75) is 19.9 Å². The highest BCUT2D eigenvalue weighted by Gasteiger charge is 2.23. The Kier molecular flexibility index (Phi) is 5.25. The van der Waals surface area contributed by atoms with Gasteiger partial charge in [-0.25, -0.2) is 17.5 Å². The van der Waals surface area contributed by atoms with Crippen LogP contribution in [0.3, 0.4) is 0 Å². The van der Waals surface area contributed by atoms with Crippen molar-refractivity contribution in [2.75, 3.05) is 39.5 Å². The van der Waals surface area contributed by atoms with Gasteiger partial charge in [-0.1, -0.05) is 0 Å². The molecule has 0 unspecified atom stereocenters. The Bertz CT molecular complexity index is 638. The molecule has 22 heavy (non-hydrogen) atoms. The van der Waals surface area contributed by atoms with Crippen molar-refractivity contribution in [1.82, 2.24) is 9.21 Å². The van der Waals surface area contributed by atoms with Crippen LogP contribution in [0.4, 0.5) is 0 Å². The van der Waals surface area contributed by atoms with Gasteiger partial charge in [0.15, 0.2) is 0 Å². The Labute approximate surface area is 130 Å². The maximum Gasteiger partial charge on any atom is 0.341 e. The number of nitrogens with zero attached hydrogens (tertiary/aromatic N) is 2. The summed E-state index contributed by atoms with van der Waals surface area (Å²) in [5.41, 5.74) is 0.435. The summed E-state index contributed by atoms with van der Waals surface area (Å²) in [6.07, 6.45) is 2.01. The number of rotatable bonds is 4. The molecule has 7 nitrogen and oxygen atoms in total. The smallest absolute Gasteiger partial charge is 0.341 e. The number of carbonyl (C=O) groups excluding carboxylic acids is 1. The van der Waals surface area contributed by atoms with Crippen LogP contribution in [0.5, 0.6) is 0 Å². The molecule has 0 aliphatic carbocycles. The summed E-state index contributed by atoms with van der Waals surface area (Å²) in [6, 6.07) is 1.69. The number of hydrogen-bond donors (Lipinski definition) is 0. The minimum atomic E-state index is -3.14. The van der Waals surface area contributed by atoms with E-state index in [1.165, 1.54) is 17.7 Å². The molecule has 2 heterocycles. The molecule has 0 aromatic carbocycles. The van der Waals surface area contributed by atoms with Crippen LogP contribution in [-0.4, -0.2) is 63.1 Å². The molecule has 0 spiro atoms. The molecule has 1 aromatic heterocycles. The topological polar surface area (TPSA) is 80.1 Å². The van der Waals surface area contributed by atoms with Crippen molar-refractivity contribution in [3.63, 3.8) is 0 Å². The Morgan fingerprint density at radius 1 is 1.32 bits per heavy atom. The van der Waals surface area contributed by atoms with Crippen molar-refractivity contribution in [2.24, 2.45) is 0 Å². The van der Waals surface area contributed by atoms with E-state index in [-0.39, 0.29) is 0 Å². The number of esters is 1. The van der Waals surface area contributed by atoms with Gasteiger partial charge in [0, 0.05) is 19.6 Å². The first kappa shape index (κ1) is 17.0. The maximum atomic E-state index is 11.6. The average molecular weight is 330 g/mol. The summed E-state index contributed by atoms with van der Waals surface area (Å²) in [6.45, 7) is 4.72. The zero-order valence-electron chi connectivity index (χ0n) is 13.2. The molecule has 124 valence electrons. The monoisotopic (exact) mass is 330 g/mol. The van der Waals surface area contributed by atoms with E-state index in [2.05, 4.69) is 4.90 Å². The SMILES string of the molecule is COC(=O)c1cc(CN2CCCN(S(C)(=O)=O)CC2)oc1C. The van der Waals surface area contributed by atoms with Gasteiger partial charge in [-0.15, -0.1) is 0 Å². The van der Waals surface area contributed by atoms with E-state index in [1.54, 1.807) is 13.0 Å². The Hall–Kier alpha value is -1.38. The quantitative estimate of drug-likeness (QED) is 0.761. The highest BCUT2D eigenvalue weighted by atomic mass is 32.2. The number of ether oxygens (including phenoxy) is 1. The first-order chi connectivity index (χ1) is 10.3. The first-order valence-electron chi connectivity index (χ1n) is 7.16. The van der Waals surface area contributed by atoms with E-state index in [0.717, 1.165) is 13.0 Å². The molecule has 1 fully saturated rings. The predicted octanol–water partition coefficient (Wildman–Crippen LogP) is 0.842. The van der Waals surface area contributed by atoms with Gasteiger partial charge in [-0.2, -0.15) is 0 Å². The third-order valence-electron chi connectivity index (χ3n) is 3.77. The van der Waals surface area contributed by atoms with E-state index in [4.69, 9.17) is 9.15 Å². The van der Waals surface area contributed by atoms with Crippen molar-refractivity contribution in [3.8, 4) is 0 Å². The maximum absolute atomic E-state index is 11.6. The lowest BCUT2D eigenvalue weighted by Crippen LogP contribution is -2.34. The number of carbonyl (C=O) groups is 1. The number of hydrogen-bond acceptors (Lipinski definition) is 6. The summed E-state index contributed by atoms with van der Waals surface area (Å²) in [4.78, 5) is 13.7. The van der Waals surface area contributed by atoms with Gasteiger partial charge >= 0.3 is 5.97 Å². The summed E-state index contributed by atoms with van der Waals surface area (Å²) in [5.74, 6) is 0.812. The lowest BCUT2D eigenvalue weighted by molar-refractivity contribution is 0.0599. The number of methoxy groups -OCH3 is 1. The van der Waals surface area contributed by atoms with Crippen LogP contribution in [0.15, 0.2) is 10.5 Å². The van der Waals surface area contributed by atoms with E-state index in [9.17, 15) is 13.2 Å².